The van der Waals surface area contributed by atoms with Crippen molar-refractivity contribution in [2.24, 2.45) is 0 Å². The van der Waals surface area contributed by atoms with Crippen LogP contribution in [0.15, 0.2) is 53.7 Å². The number of amides is 1. The van der Waals surface area contributed by atoms with E-state index in [1.807, 2.05) is 43.3 Å². The molecule has 0 aliphatic rings. The summed E-state index contributed by atoms with van der Waals surface area (Å²) in [6.07, 6.45) is 0. The minimum atomic E-state index is -0.0679. The summed E-state index contributed by atoms with van der Waals surface area (Å²) >= 11 is 7.14. The number of aromatic nitrogens is 3. The molecule has 3 rings (SSSR count). The minimum Gasteiger partial charge on any atom is -0.351 e. The first-order chi connectivity index (χ1) is 12.1. The van der Waals surface area contributed by atoms with Crippen LogP contribution in [0.3, 0.4) is 0 Å². The van der Waals surface area contributed by atoms with Gasteiger partial charge < -0.3 is 5.32 Å². The van der Waals surface area contributed by atoms with Gasteiger partial charge in [0, 0.05) is 17.1 Å². The van der Waals surface area contributed by atoms with Crippen LogP contribution in [-0.2, 0) is 11.3 Å². The van der Waals surface area contributed by atoms with Crippen LogP contribution >= 0.6 is 23.4 Å². The number of thioether (sulfide) groups is 1. The Morgan fingerprint density at radius 1 is 1.16 bits per heavy atom. The normalized spacial score (nSPS) is 10.6. The van der Waals surface area contributed by atoms with Gasteiger partial charge >= 0.3 is 0 Å². The van der Waals surface area contributed by atoms with Crippen molar-refractivity contribution in [2.45, 2.75) is 18.6 Å². The Balaban J connectivity index is 1.49. The summed E-state index contributed by atoms with van der Waals surface area (Å²) in [5, 5.41) is 11.1. The molecule has 25 heavy (non-hydrogen) atoms. The van der Waals surface area contributed by atoms with Gasteiger partial charge in [-0.1, -0.05) is 65.3 Å². The van der Waals surface area contributed by atoms with E-state index in [0.29, 0.717) is 22.5 Å². The molecule has 3 aromatic rings. The quantitative estimate of drug-likeness (QED) is 0.645. The van der Waals surface area contributed by atoms with Crippen LogP contribution in [0, 0.1) is 6.92 Å². The number of aromatic amines is 1. The van der Waals surface area contributed by atoms with Crippen molar-refractivity contribution < 1.29 is 4.79 Å². The Morgan fingerprint density at radius 3 is 2.60 bits per heavy atom. The van der Waals surface area contributed by atoms with E-state index in [2.05, 4.69) is 20.5 Å². The van der Waals surface area contributed by atoms with Crippen molar-refractivity contribution in [3.63, 3.8) is 0 Å². The molecule has 0 radical (unpaired) electrons. The molecule has 1 heterocycles. The molecule has 2 aromatic carbocycles. The maximum absolute atomic E-state index is 11.9. The highest BCUT2D eigenvalue weighted by atomic mass is 35.5. The highest BCUT2D eigenvalue weighted by Crippen LogP contribution is 2.19. The Bertz CT molecular complexity index is 846. The van der Waals surface area contributed by atoms with Crippen LogP contribution < -0.4 is 5.32 Å². The van der Waals surface area contributed by atoms with Gasteiger partial charge in [-0.25, -0.2) is 4.98 Å². The summed E-state index contributed by atoms with van der Waals surface area (Å²) in [7, 11) is 0. The van der Waals surface area contributed by atoms with Crippen LogP contribution in [-0.4, -0.2) is 26.8 Å². The molecule has 128 valence electrons. The zero-order valence-corrected chi connectivity index (χ0v) is 15.2. The predicted octanol–water partition coefficient (Wildman–Crippen LogP) is 3.84. The average Bonchev–Trinajstić information content (AvgIpc) is 3.09. The molecular formula is C18H17ClN4OS. The van der Waals surface area contributed by atoms with E-state index in [4.69, 9.17) is 11.6 Å². The minimum absolute atomic E-state index is 0.0679. The number of nitrogens with one attached hydrogen (secondary N) is 2. The first kappa shape index (κ1) is 17.5. The number of nitrogens with zero attached hydrogens (tertiary/aromatic N) is 2. The molecule has 0 saturated carbocycles. The van der Waals surface area contributed by atoms with Crippen LogP contribution in [0.25, 0.3) is 11.4 Å². The third-order valence-electron chi connectivity index (χ3n) is 3.53. The zero-order chi connectivity index (χ0) is 17.6. The SMILES string of the molecule is Cc1ccc(-c2nc(SCC(=O)NCc3ccc(Cl)cc3)n[nH]2)cc1. The third-order valence-corrected chi connectivity index (χ3v) is 4.62. The molecule has 1 aromatic heterocycles. The highest BCUT2D eigenvalue weighted by molar-refractivity contribution is 7.99. The first-order valence-corrected chi connectivity index (χ1v) is 9.10. The lowest BCUT2D eigenvalue weighted by atomic mass is 10.1. The number of hydrogen-bond acceptors (Lipinski definition) is 4. The lowest BCUT2D eigenvalue weighted by Crippen LogP contribution is -2.24. The molecule has 1 amide bonds. The molecular weight excluding hydrogens is 356 g/mol. The lowest BCUT2D eigenvalue weighted by molar-refractivity contribution is -0.118. The Labute approximate surface area is 155 Å². The van der Waals surface area contributed by atoms with Crippen LogP contribution in [0.1, 0.15) is 11.1 Å². The van der Waals surface area contributed by atoms with Crippen molar-refractivity contribution >= 4 is 29.3 Å². The second-order valence-corrected chi connectivity index (χ2v) is 6.90. The second-order valence-electron chi connectivity index (χ2n) is 5.52. The summed E-state index contributed by atoms with van der Waals surface area (Å²) in [6.45, 7) is 2.51. The van der Waals surface area contributed by atoms with Gasteiger partial charge in [0.05, 0.1) is 5.75 Å². The number of carbonyl (C=O) groups excluding carboxylic acids is 1. The molecule has 0 saturated heterocycles. The topological polar surface area (TPSA) is 70.7 Å². The molecule has 0 aliphatic carbocycles. The number of halogens is 1. The van der Waals surface area contributed by atoms with Gasteiger partial charge in [0.15, 0.2) is 5.82 Å². The van der Waals surface area contributed by atoms with E-state index in [0.717, 1.165) is 11.1 Å². The van der Waals surface area contributed by atoms with Crippen molar-refractivity contribution in [1.29, 1.82) is 0 Å². The van der Waals surface area contributed by atoms with Gasteiger partial charge in [-0.15, -0.1) is 5.10 Å². The summed E-state index contributed by atoms with van der Waals surface area (Å²) in [4.78, 5) is 16.4. The van der Waals surface area contributed by atoms with Gasteiger partial charge in [0.2, 0.25) is 11.1 Å². The molecule has 0 atom stereocenters. The van der Waals surface area contributed by atoms with Crippen LogP contribution in [0.5, 0.6) is 0 Å². The van der Waals surface area contributed by atoms with E-state index < -0.39 is 0 Å². The molecule has 0 bridgehead atoms. The van der Waals surface area contributed by atoms with E-state index in [-0.39, 0.29) is 11.7 Å². The summed E-state index contributed by atoms with van der Waals surface area (Å²) in [5.41, 5.74) is 3.16. The van der Waals surface area contributed by atoms with E-state index in [9.17, 15) is 4.79 Å². The Morgan fingerprint density at radius 2 is 1.88 bits per heavy atom. The molecule has 0 spiro atoms. The van der Waals surface area contributed by atoms with Crippen molar-refractivity contribution in [3.8, 4) is 11.4 Å². The number of H-pyrrole nitrogens is 1. The van der Waals surface area contributed by atoms with Gasteiger partial charge in [-0.2, -0.15) is 0 Å². The van der Waals surface area contributed by atoms with Gasteiger partial charge in [-0.3, -0.25) is 9.89 Å². The number of aryl methyl sites for hydroxylation is 1. The summed E-state index contributed by atoms with van der Waals surface area (Å²) < 4.78 is 0. The van der Waals surface area contributed by atoms with E-state index >= 15 is 0 Å². The average molecular weight is 373 g/mol. The lowest BCUT2D eigenvalue weighted by Gasteiger charge is -2.04. The highest BCUT2D eigenvalue weighted by Gasteiger charge is 2.09. The van der Waals surface area contributed by atoms with Crippen molar-refractivity contribution in [3.05, 3.63) is 64.7 Å². The standard InChI is InChI=1S/C18H17ClN4OS/c1-12-2-6-14(7-3-12)17-21-18(23-22-17)25-11-16(24)20-10-13-4-8-15(19)9-5-13/h2-9H,10-11H2,1H3,(H,20,24)(H,21,22,23). The fourth-order valence-corrected chi connectivity index (χ4v) is 2.89. The van der Waals surface area contributed by atoms with E-state index in [1.165, 1.54) is 17.3 Å². The van der Waals surface area contributed by atoms with Crippen LogP contribution in [0.2, 0.25) is 5.02 Å². The van der Waals surface area contributed by atoms with Gasteiger partial charge in [0.25, 0.3) is 0 Å². The molecule has 0 unspecified atom stereocenters. The predicted molar refractivity (Wildman–Crippen MR) is 101 cm³/mol. The maximum Gasteiger partial charge on any atom is 0.230 e. The number of carbonyl (C=O) groups is 1. The first-order valence-electron chi connectivity index (χ1n) is 7.73. The zero-order valence-electron chi connectivity index (χ0n) is 13.6. The summed E-state index contributed by atoms with van der Waals surface area (Å²) in [6, 6.07) is 15.4. The van der Waals surface area contributed by atoms with E-state index in [1.54, 1.807) is 12.1 Å². The second kappa shape index (κ2) is 8.18. The number of benzene rings is 2. The fourth-order valence-electron chi connectivity index (χ4n) is 2.14. The molecule has 0 fully saturated rings. The molecule has 2 N–H and O–H groups in total. The smallest absolute Gasteiger partial charge is 0.230 e. The third kappa shape index (κ3) is 5.08. The monoisotopic (exact) mass is 372 g/mol. The van der Waals surface area contributed by atoms with Gasteiger partial charge in [-0.05, 0) is 24.6 Å². The van der Waals surface area contributed by atoms with Gasteiger partial charge in [0.1, 0.15) is 0 Å². The summed E-state index contributed by atoms with van der Waals surface area (Å²) in [5.74, 6) is 0.893. The van der Waals surface area contributed by atoms with Crippen molar-refractivity contribution in [1.82, 2.24) is 20.5 Å². The molecule has 0 aliphatic heterocycles. The maximum atomic E-state index is 11.9. The fraction of sp³-hybridized carbons (Fsp3) is 0.167. The number of hydrogen-bond donors (Lipinski definition) is 2. The largest absolute Gasteiger partial charge is 0.351 e. The Hall–Kier alpha value is -2.31. The van der Waals surface area contributed by atoms with Crippen LogP contribution in [0.4, 0.5) is 0 Å². The van der Waals surface area contributed by atoms with Crippen molar-refractivity contribution in [2.75, 3.05) is 5.75 Å². The molecule has 5 nitrogen and oxygen atoms in total. The number of rotatable bonds is 6. The molecule has 7 heteroatoms. The Kier molecular flexibility index (Phi) is 5.73.